The summed E-state index contributed by atoms with van der Waals surface area (Å²) in [5.74, 6) is -0.334. The van der Waals surface area contributed by atoms with Crippen LogP contribution in [-0.2, 0) is 9.53 Å². The standard InChI is InChI=1S/C18H31Br3O2/c1-2-3-4-5-6-7-8-9-10-11-12-13-14-15-16-23-17(22)18(19,20)21/h7-8H,2-6,9-16H2,1H3/b8-7-. The van der Waals surface area contributed by atoms with Gasteiger partial charge in [-0.15, -0.1) is 0 Å². The fourth-order valence-corrected chi connectivity index (χ4v) is 2.59. The van der Waals surface area contributed by atoms with E-state index in [-0.39, 0.29) is 5.97 Å². The SMILES string of the molecule is CCCCCC/C=C\CCCCCCCCOC(=O)C(Br)(Br)Br. The fourth-order valence-electron chi connectivity index (χ4n) is 2.24. The molecule has 0 aromatic rings. The Morgan fingerprint density at radius 1 is 0.826 bits per heavy atom. The zero-order chi connectivity index (χ0) is 17.4. The molecule has 23 heavy (non-hydrogen) atoms. The van der Waals surface area contributed by atoms with Crippen molar-refractivity contribution >= 4 is 53.8 Å². The number of esters is 1. The molecule has 5 heteroatoms. The van der Waals surface area contributed by atoms with E-state index in [1.54, 1.807) is 0 Å². The lowest BCUT2D eigenvalue weighted by Gasteiger charge is -2.11. The normalized spacial score (nSPS) is 12.0. The Bertz CT molecular complexity index is 312. The average Bonchev–Trinajstić information content (AvgIpc) is 2.50. The molecule has 0 radical (unpaired) electrons. The molecule has 0 unspecified atom stereocenters. The van der Waals surface area contributed by atoms with Crippen molar-refractivity contribution in [3.05, 3.63) is 12.2 Å². The van der Waals surface area contributed by atoms with Crippen molar-refractivity contribution in [2.24, 2.45) is 0 Å². The monoisotopic (exact) mass is 516 g/mol. The first kappa shape index (κ1) is 23.6. The summed E-state index contributed by atoms with van der Waals surface area (Å²) in [7, 11) is 0. The van der Waals surface area contributed by atoms with Gasteiger partial charge in [-0.05, 0) is 79.9 Å². The summed E-state index contributed by atoms with van der Waals surface area (Å²) in [5.41, 5.74) is 0. The predicted molar refractivity (Wildman–Crippen MR) is 111 cm³/mol. The van der Waals surface area contributed by atoms with Gasteiger partial charge in [-0.3, -0.25) is 0 Å². The molecule has 0 fully saturated rings. The zero-order valence-corrected chi connectivity index (χ0v) is 19.1. The Balaban J connectivity index is 3.22. The van der Waals surface area contributed by atoms with Gasteiger partial charge in [0.1, 0.15) is 0 Å². The number of rotatable bonds is 14. The maximum atomic E-state index is 11.4. The van der Waals surface area contributed by atoms with E-state index in [1.807, 2.05) is 0 Å². The van der Waals surface area contributed by atoms with Crippen LogP contribution < -0.4 is 0 Å². The summed E-state index contributed by atoms with van der Waals surface area (Å²) in [6.45, 7) is 2.74. The average molecular weight is 519 g/mol. The fraction of sp³-hybridized carbons (Fsp3) is 0.833. The summed E-state index contributed by atoms with van der Waals surface area (Å²) in [6.07, 6.45) is 19.7. The third kappa shape index (κ3) is 17.3. The third-order valence-corrected chi connectivity index (χ3v) is 4.59. The van der Waals surface area contributed by atoms with Crippen LogP contribution in [0, 0.1) is 0 Å². The van der Waals surface area contributed by atoms with Crippen molar-refractivity contribution in [3.63, 3.8) is 0 Å². The highest BCUT2D eigenvalue weighted by Crippen LogP contribution is 2.34. The van der Waals surface area contributed by atoms with Crippen LogP contribution in [0.2, 0.25) is 0 Å². The van der Waals surface area contributed by atoms with Crippen molar-refractivity contribution in [2.45, 2.75) is 86.1 Å². The van der Waals surface area contributed by atoms with E-state index in [0.29, 0.717) is 6.61 Å². The van der Waals surface area contributed by atoms with E-state index in [9.17, 15) is 4.79 Å². The van der Waals surface area contributed by atoms with Crippen molar-refractivity contribution < 1.29 is 9.53 Å². The van der Waals surface area contributed by atoms with Crippen LogP contribution in [0.3, 0.4) is 0 Å². The molecule has 0 amide bonds. The Labute approximate surface area is 167 Å². The smallest absolute Gasteiger partial charge is 0.344 e. The molecule has 0 N–H and O–H groups in total. The van der Waals surface area contributed by atoms with E-state index in [0.717, 1.165) is 12.8 Å². The molecular weight excluding hydrogens is 488 g/mol. The van der Waals surface area contributed by atoms with E-state index < -0.39 is 2.14 Å². The summed E-state index contributed by atoms with van der Waals surface area (Å²) >= 11 is 9.43. The summed E-state index contributed by atoms with van der Waals surface area (Å²) in [6, 6.07) is 0. The molecule has 136 valence electrons. The lowest BCUT2D eigenvalue weighted by atomic mass is 10.1. The van der Waals surface area contributed by atoms with Crippen LogP contribution in [0.25, 0.3) is 0 Å². The molecule has 0 aromatic heterocycles. The van der Waals surface area contributed by atoms with Gasteiger partial charge in [0.05, 0.1) is 6.61 Å². The molecule has 2 nitrogen and oxygen atoms in total. The number of halogens is 3. The number of carbonyl (C=O) groups is 1. The van der Waals surface area contributed by atoms with Crippen LogP contribution in [0.1, 0.15) is 84.0 Å². The van der Waals surface area contributed by atoms with Crippen molar-refractivity contribution in [2.75, 3.05) is 6.61 Å². The molecule has 0 spiro atoms. The first-order chi connectivity index (χ1) is 11.0. The van der Waals surface area contributed by atoms with Gasteiger partial charge in [0.15, 0.2) is 0 Å². The number of carbonyl (C=O) groups excluding carboxylic acids is 1. The highest BCUT2D eigenvalue weighted by molar-refractivity contribution is 9.40. The minimum atomic E-state index is -0.934. The minimum absolute atomic E-state index is 0.334. The highest BCUT2D eigenvalue weighted by Gasteiger charge is 2.30. The van der Waals surface area contributed by atoms with Gasteiger partial charge < -0.3 is 4.74 Å². The first-order valence-electron chi connectivity index (χ1n) is 8.87. The number of allylic oxidation sites excluding steroid dienone is 2. The van der Waals surface area contributed by atoms with Gasteiger partial charge in [-0.2, -0.15) is 0 Å². The molecule has 0 rings (SSSR count). The van der Waals surface area contributed by atoms with E-state index >= 15 is 0 Å². The number of hydrogen-bond donors (Lipinski definition) is 0. The second kappa shape index (κ2) is 16.1. The van der Waals surface area contributed by atoms with Crippen LogP contribution >= 0.6 is 47.8 Å². The van der Waals surface area contributed by atoms with Crippen molar-refractivity contribution in [1.82, 2.24) is 0 Å². The number of alkyl halides is 3. The van der Waals surface area contributed by atoms with Crippen LogP contribution in [0.4, 0.5) is 0 Å². The Hall–Kier alpha value is 0.650. The largest absolute Gasteiger partial charge is 0.463 e. The number of hydrogen-bond acceptors (Lipinski definition) is 2. The third-order valence-electron chi connectivity index (χ3n) is 3.62. The lowest BCUT2D eigenvalue weighted by molar-refractivity contribution is -0.141. The summed E-state index contributed by atoms with van der Waals surface area (Å²) in [4.78, 5) is 11.4. The van der Waals surface area contributed by atoms with E-state index in [2.05, 4.69) is 66.9 Å². The van der Waals surface area contributed by atoms with Gasteiger partial charge >= 0.3 is 5.97 Å². The molecule has 0 aromatic carbocycles. The predicted octanol–water partition coefficient (Wildman–Crippen LogP) is 7.63. The van der Waals surface area contributed by atoms with E-state index in [4.69, 9.17) is 4.74 Å². The Morgan fingerprint density at radius 3 is 1.83 bits per heavy atom. The summed E-state index contributed by atoms with van der Waals surface area (Å²) < 4.78 is 4.19. The maximum Gasteiger partial charge on any atom is 0.344 e. The van der Waals surface area contributed by atoms with Crippen molar-refractivity contribution in [3.8, 4) is 0 Å². The minimum Gasteiger partial charge on any atom is -0.463 e. The quantitative estimate of drug-likeness (QED) is 0.102. The lowest BCUT2D eigenvalue weighted by Crippen LogP contribution is -2.20. The second-order valence-electron chi connectivity index (χ2n) is 5.86. The molecule has 0 atom stereocenters. The topological polar surface area (TPSA) is 26.3 Å². The Kier molecular flexibility index (Phi) is 16.6. The molecule has 0 bridgehead atoms. The molecule has 0 aliphatic rings. The van der Waals surface area contributed by atoms with Gasteiger partial charge in [0.25, 0.3) is 0 Å². The van der Waals surface area contributed by atoms with Gasteiger partial charge in [-0.1, -0.05) is 64.0 Å². The molecule has 0 heterocycles. The number of ether oxygens (including phenoxy) is 1. The first-order valence-corrected chi connectivity index (χ1v) is 11.2. The second-order valence-corrected chi connectivity index (χ2v) is 12.6. The Morgan fingerprint density at radius 2 is 1.30 bits per heavy atom. The molecule has 0 aliphatic carbocycles. The summed E-state index contributed by atoms with van der Waals surface area (Å²) in [5, 5.41) is 0. The van der Waals surface area contributed by atoms with Crippen LogP contribution in [0.5, 0.6) is 0 Å². The van der Waals surface area contributed by atoms with E-state index in [1.165, 1.54) is 64.2 Å². The molecule has 0 saturated carbocycles. The van der Waals surface area contributed by atoms with Crippen molar-refractivity contribution in [1.29, 1.82) is 0 Å². The zero-order valence-electron chi connectivity index (χ0n) is 14.3. The molecule has 0 aliphatic heterocycles. The van der Waals surface area contributed by atoms with Gasteiger partial charge in [0.2, 0.25) is 2.14 Å². The number of unbranched alkanes of at least 4 members (excludes halogenated alkanes) is 10. The van der Waals surface area contributed by atoms with Crippen LogP contribution in [-0.4, -0.2) is 14.7 Å². The van der Waals surface area contributed by atoms with Gasteiger partial charge in [-0.25, -0.2) is 4.79 Å². The maximum absolute atomic E-state index is 11.4. The van der Waals surface area contributed by atoms with Crippen LogP contribution in [0.15, 0.2) is 12.2 Å². The van der Waals surface area contributed by atoms with Gasteiger partial charge in [0, 0.05) is 0 Å². The molecule has 0 saturated heterocycles. The molecular formula is C18H31Br3O2. The highest BCUT2D eigenvalue weighted by atomic mass is 80.0.